The minimum absolute atomic E-state index is 0. The van der Waals surface area contributed by atoms with Gasteiger partial charge in [-0.3, -0.25) is 4.79 Å². The predicted molar refractivity (Wildman–Crippen MR) is 69.0 cm³/mol. The summed E-state index contributed by atoms with van der Waals surface area (Å²) in [5.74, 6) is -0.972. The Morgan fingerprint density at radius 1 is 1.20 bits per heavy atom. The third kappa shape index (κ3) is 164. The first-order valence-electron chi connectivity index (χ1n) is 4.71. The van der Waals surface area contributed by atoms with Crippen LogP contribution in [0.4, 0.5) is 0 Å². The van der Waals surface area contributed by atoms with Gasteiger partial charge < -0.3 is 10.8 Å². The van der Waals surface area contributed by atoms with Gasteiger partial charge in [-0.25, -0.2) is 0 Å². The molecule has 0 fully saturated rings. The second kappa shape index (κ2) is 15.6. The van der Waals surface area contributed by atoms with Crippen molar-refractivity contribution in [2.75, 3.05) is 0 Å². The fourth-order valence-corrected chi connectivity index (χ4v) is 0. The molecule has 0 saturated heterocycles. The lowest BCUT2D eigenvalue weighted by Gasteiger charge is -1.89. The Bertz CT molecular complexity index is 145. The van der Waals surface area contributed by atoms with Crippen LogP contribution < -0.4 is 5.73 Å². The highest BCUT2D eigenvalue weighted by atomic mass is 16.4. The molecule has 15 heavy (non-hydrogen) atoms. The van der Waals surface area contributed by atoms with Crippen LogP contribution in [0.15, 0.2) is 12.2 Å². The third-order valence-electron chi connectivity index (χ3n) is 0.494. The molecule has 0 amide bonds. The standard InChI is InChI=1S/C4H8O2.C4H8.C3H9N.CH4/c1-3(2)4(5)6;1-4(2)3;1-3(2)4;/h3H,1-2H3,(H,5,6);1H2,2-3H3;3H,4H2,1-2H3;1H4. The number of carboxylic acid groups (broad SMARTS) is 1. The quantitative estimate of drug-likeness (QED) is 0.665. The van der Waals surface area contributed by atoms with E-state index in [1.165, 1.54) is 5.57 Å². The van der Waals surface area contributed by atoms with Crippen LogP contribution in [0.3, 0.4) is 0 Å². The minimum Gasteiger partial charge on any atom is -0.481 e. The van der Waals surface area contributed by atoms with Gasteiger partial charge in [0.1, 0.15) is 0 Å². The van der Waals surface area contributed by atoms with Crippen LogP contribution in [0.25, 0.3) is 0 Å². The van der Waals surface area contributed by atoms with Gasteiger partial charge in [0, 0.05) is 0 Å². The Hall–Kier alpha value is -0.830. The highest BCUT2D eigenvalue weighted by Gasteiger charge is 1.99. The first kappa shape index (κ1) is 23.8. The second-order valence-corrected chi connectivity index (χ2v) is 3.94. The van der Waals surface area contributed by atoms with Crippen LogP contribution in [-0.4, -0.2) is 17.1 Å². The molecule has 0 aliphatic rings. The van der Waals surface area contributed by atoms with Crippen molar-refractivity contribution in [2.24, 2.45) is 11.7 Å². The number of aliphatic carboxylic acids is 1. The number of nitrogens with two attached hydrogens (primary N) is 1. The molecular weight excluding hydrogens is 190 g/mol. The van der Waals surface area contributed by atoms with Crippen molar-refractivity contribution >= 4 is 5.97 Å². The van der Waals surface area contributed by atoms with E-state index in [2.05, 4.69) is 6.58 Å². The van der Waals surface area contributed by atoms with Crippen molar-refractivity contribution in [1.29, 1.82) is 0 Å². The molecule has 0 rings (SSSR count). The summed E-state index contributed by atoms with van der Waals surface area (Å²) < 4.78 is 0. The Balaban J connectivity index is -0.0000000606. The zero-order chi connectivity index (χ0) is 12.3. The van der Waals surface area contributed by atoms with Gasteiger partial charge in [-0.15, -0.1) is 6.58 Å². The highest BCUT2D eigenvalue weighted by molar-refractivity contribution is 5.68. The van der Waals surface area contributed by atoms with Gasteiger partial charge in [0.05, 0.1) is 5.92 Å². The zero-order valence-corrected chi connectivity index (χ0v) is 10.3. The van der Waals surface area contributed by atoms with Crippen molar-refractivity contribution in [1.82, 2.24) is 0 Å². The molecule has 0 aliphatic carbocycles. The Kier molecular flexibility index (Phi) is 24.8. The molecule has 0 radical (unpaired) electrons. The first-order chi connectivity index (χ1) is 6.11. The summed E-state index contributed by atoms with van der Waals surface area (Å²) in [6.45, 7) is 14.7. The predicted octanol–water partition coefficient (Wildman–Crippen LogP) is 3.30. The fourth-order valence-electron chi connectivity index (χ4n) is 0. The minimum atomic E-state index is -0.741. The molecule has 0 atom stereocenters. The number of rotatable bonds is 1. The van der Waals surface area contributed by atoms with E-state index in [1.54, 1.807) is 13.8 Å². The van der Waals surface area contributed by atoms with Gasteiger partial charge in [0.15, 0.2) is 0 Å². The van der Waals surface area contributed by atoms with E-state index in [4.69, 9.17) is 10.8 Å². The van der Waals surface area contributed by atoms with E-state index in [9.17, 15) is 4.79 Å². The molecule has 0 aromatic heterocycles. The van der Waals surface area contributed by atoms with Gasteiger partial charge in [0.2, 0.25) is 0 Å². The van der Waals surface area contributed by atoms with Gasteiger partial charge in [-0.2, -0.15) is 0 Å². The lowest BCUT2D eigenvalue weighted by molar-refractivity contribution is -0.140. The normalized spacial score (nSPS) is 7.80. The number of carboxylic acids is 1. The zero-order valence-electron chi connectivity index (χ0n) is 10.3. The smallest absolute Gasteiger partial charge is 0.305 e. The van der Waals surface area contributed by atoms with Crippen molar-refractivity contribution in [3.63, 3.8) is 0 Å². The summed E-state index contributed by atoms with van der Waals surface area (Å²) in [7, 11) is 0. The molecule has 0 aromatic carbocycles. The maximum Gasteiger partial charge on any atom is 0.305 e. The lowest BCUT2D eigenvalue weighted by Crippen LogP contribution is -2.06. The van der Waals surface area contributed by atoms with E-state index in [0.29, 0.717) is 6.04 Å². The van der Waals surface area contributed by atoms with E-state index in [0.717, 1.165) is 0 Å². The van der Waals surface area contributed by atoms with E-state index in [1.807, 2.05) is 27.7 Å². The number of hydrogen-bond acceptors (Lipinski definition) is 2. The molecular formula is C12H29NO2. The van der Waals surface area contributed by atoms with Crippen LogP contribution in [0.2, 0.25) is 0 Å². The van der Waals surface area contributed by atoms with Crippen molar-refractivity contribution in [2.45, 2.75) is 55.0 Å². The fraction of sp³-hybridized carbons (Fsp3) is 0.750. The van der Waals surface area contributed by atoms with Gasteiger partial charge in [-0.1, -0.05) is 40.7 Å². The van der Waals surface area contributed by atoms with Crippen LogP contribution in [-0.2, 0) is 4.79 Å². The van der Waals surface area contributed by atoms with Crippen molar-refractivity contribution in [3.05, 3.63) is 12.2 Å². The SMILES string of the molecule is C.C=C(C)C.CC(C)C(=O)O.CC(C)N. The molecule has 0 heterocycles. The molecule has 3 nitrogen and oxygen atoms in total. The van der Waals surface area contributed by atoms with Gasteiger partial charge >= 0.3 is 5.97 Å². The number of carbonyl (C=O) groups is 1. The van der Waals surface area contributed by atoms with E-state index < -0.39 is 5.97 Å². The highest BCUT2D eigenvalue weighted by Crippen LogP contribution is 1.87. The van der Waals surface area contributed by atoms with Crippen LogP contribution in [0, 0.1) is 5.92 Å². The number of allylic oxidation sites excluding steroid dienone is 1. The largest absolute Gasteiger partial charge is 0.481 e. The lowest BCUT2D eigenvalue weighted by atomic mass is 10.2. The molecule has 3 heteroatoms. The molecule has 0 saturated carbocycles. The summed E-state index contributed by atoms with van der Waals surface area (Å²) >= 11 is 0. The monoisotopic (exact) mass is 219 g/mol. The molecule has 0 spiro atoms. The molecule has 0 aromatic rings. The first-order valence-corrected chi connectivity index (χ1v) is 4.71. The van der Waals surface area contributed by atoms with Crippen molar-refractivity contribution < 1.29 is 9.90 Å². The average molecular weight is 219 g/mol. The molecule has 0 unspecified atom stereocenters. The van der Waals surface area contributed by atoms with Gasteiger partial charge in [0.25, 0.3) is 0 Å². The van der Waals surface area contributed by atoms with Crippen molar-refractivity contribution in [3.8, 4) is 0 Å². The van der Waals surface area contributed by atoms with E-state index in [-0.39, 0.29) is 13.3 Å². The van der Waals surface area contributed by atoms with Crippen LogP contribution >= 0.6 is 0 Å². The Morgan fingerprint density at radius 3 is 1.27 bits per heavy atom. The molecule has 3 N–H and O–H groups in total. The maximum atomic E-state index is 9.70. The summed E-state index contributed by atoms with van der Waals surface area (Å²) in [6.07, 6.45) is 0. The van der Waals surface area contributed by atoms with Crippen LogP contribution in [0.5, 0.6) is 0 Å². The molecule has 0 bridgehead atoms. The molecule has 0 aliphatic heterocycles. The van der Waals surface area contributed by atoms with Gasteiger partial charge in [-0.05, 0) is 19.9 Å². The summed E-state index contributed by atoms with van der Waals surface area (Å²) in [4.78, 5) is 9.70. The summed E-state index contributed by atoms with van der Waals surface area (Å²) in [5.41, 5.74) is 6.28. The maximum absolute atomic E-state index is 9.70. The molecule has 94 valence electrons. The summed E-state index contributed by atoms with van der Waals surface area (Å²) in [5, 5.41) is 7.99. The third-order valence-corrected chi connectivity index (χ3v) is 0.494. The topological polar surface area (TPSA) is 63.3 Å². The second-order valence-electron chi connectivity index (χ2n) is 3.94. The Morgan fingerprint density at radius 2 is 1.27 bits per heavy atom. The van der Waals surface area contributed by atoms with E-state index >= 15 is 0 Å². The average Bonchev–Trinajstić information content (AvgIpc) is 1.83. The number of hydrogen-bond donors (Lipinski definition) is 2. The summed E-state index contributed by atoms with van der Waals surface area (Å²) in [6, 6.07) is 0.333. The van der Waals surface area contributed by atoms with Crippen LogP contribution in [0.1, 0.15) is 49.0 Å². The Labute approximate surface area is 95.4 Å².